The molecule has 0 saturated carbocycles. The maximum Gasteiger partial charge on any atom is 0.410 e. The summed E-state index contributed by atoms with van der Waals surface area (Å²) in [6.45, 7) is 28.9. The molecule has 22 nitrogen and oxygen atoms in total. The summed E-state index contributed by atoms with van der Waals surface area (Å²) in [4.78, 5) is 64.3. The topological polar surface area (TPSA) is 230 Å². The number of anilines is 4. The molecule has 8 heterocycles. The number of nitrogens with zero attached hydrogens (tertiary/aromatic N) is 12. The zero-order valence-electron chi connectivity index (χ0n) is 51.5. The fourth-order valence-corrected chi connectivity index (χ4v) is 12.8. The number of benzene rings is 2. The van der Waals surface area contributed by atoms with Gasteiger partial charge in [0.1, 0.15) is 46.9 Å². The first-order valence-electron chi connectivity index (χ1n) is 29.8. The largest absolute Gasteiger partial charge is 0.492 e. The van der Waals surface area contributed by atoms with Crippen molar-refractivity contribution >= 4 is 56.0 Å². The molecule has 4 aliphatic heterocycles. The third kappa shape index (κ3) is 14.3. The predicted molar refractivity (Wildman–Crippen MR) is 327 cm³/mol. The van der Waals surface area contributed by atoms with Gasteiger partial charge in [-0.05, 0) is 111 Å². The monoisotopic (exact) mass is 1200 g/mol. The Balaban J connectivity index is 0.714. The van der Waals surface area contributed by atoms with Gasteiger partial charge in [-0.1, -0.05) is 26.0 Å². The Labute approximate surface area is 504 Å². The van der Waals surface area contributed by atoms with Crippen LogP contribution in [0.3, 0.4) is 0 Å². The quantitative estimate of drug-likeness (QED) is 0.0793. The molecule has 2 N–H and O–H groups in total. The van der Waals surface area contributed by atoms with E-state index in [4.69, 9.17) is 23.9 Å². The number of nitrogens with one attached hydrogen (secondary N) is 2. The zero-order chi connectivity index (χ0) is 61.3. The molecule has 10 rings (SSSR count). The summed E-state index contributed by atoms with van der Waals surface area (Å²) < 4.78 is 65.3. The zero-order valence-corrected chi connectivity index (χ0v) is 52.3. The first kappa shape index (κ1) is 61.9. The second-order valence-electron chi connectivity index (χ2n) is 25.9. The van der Waals surface area contributed by atoms with Crippen LogP contribution < -0.4 is 24.6 Å². The number of pyridine rings is 1. The number of fused-ring (bicyclic) bond motifs is 2. The van der Waals surface area contributed by atoms with Gasteiger partial charge < -0.3 is 39.0 Å². The average Bonchev–Trinajstić information content (AvgIpc) is 2.99. The Morgan fingerprint density at radius 1 is 0.860 bits per heavy atom. The molecule has 3 atom stereocenters. The summed E-state index contributed by atoms with van der Waals surface area (Å²) in [5.74, 6) is 2.13. The first-order valence-corrected chi connectivity index (χ1v) is 31.3. The summed E-state index contributed by atoms with van der Waals surface area (Å²) >= 11 is 0. The number of carbonyl (C=O) groups excluding carboxylic acids is 2. The summed E-state index contributed by atoms with van der Waals surface area (Å²) in [6.07, 6.45) is 7.30. The summed E-state index contributed by atoms with van der Waals surface area (Å²) in [6, 6.07) is 11.4. The highest BCUT2D eigenvalue weighted by Gasteiger charge is 2.43. The molecule has 2 amide bonds. The van der Waals surface area contributed by atoms with Crippen molar-refractivity contribution in [1.82, 2.24) is 54.7 Å². The lowest BCUT2D eigenvalue weighted by atomic mass is 9.91. The highest BCUT2D eigenvalue weighted by molar-refractivity contribution is 7.92. The molecule has 0 aliphatic carbocycles. The molecule has 6 aromatic rings. The van der Waals surface area contributed by atoms with E-state index in [1.165, 1.54) is 18.5 Å². The molecular formula is C62H83FN14O8S. The molecule has 0 radical (unpaired) electrons. The maximum absolute atomic E-state index is 14.6. The second kappa shape index (κ2) is 25.3. The van der Waals surface area contributed by atoms with Gasteiger partial charge >= 0.3 is 6.09 Å². The number of hydrogen-bond acceptors (Lipinski definition) is 19. The van der Waals surface area contributed by atoms with Crippen LogP contribution in [0, 0.1) is 19.7 Å². The minimum Gasteiger partial charge on any atom is -0.492 e. The lowest BCUT2D eigenvalue weighted by Crippen LogP contribution is -2.64. The lowest BCUT2D eigenvalue weighted by molar-refractivity contribution is -0.122. The number of halogens is 1. The Morgan fingerprint density at radius 3 is 2.30 bits per heavy atom. The van der Waals surface area contributed by atoms with E-state index in [1.807, 2.05) is 58.7 Å². The minimum absolute atomic E-state index is 0.0359. The number of ether oxygens (including phenoxy) is 4. The molecule has 3 saturated heterocycles. The van der Waals surface area contributed by atoms with Crippen LogP contribution in [-0.4, -0.2) is 202 Å². The number of piperazine rings is 2. The van der Waals surface area contributed by atoms with Crippen molar-refractivity contribution in [3.8, 4) is 11.5 Å². The van der Waals surface area contributed by atoms with E-state index in [-0.39, 0.29) is 65.2 Å². The Bertz CT molecular complexity index is 3490. The lowest BCUT2D eigenvalue weighted by Gasteiger charge is -2.47. The van der Waals surface area contributed by atoms with Crippen LogP contribution in [0.15, 0.2) is 72.3 Å². The molecule has 0 spiro atoms. The van der Waals surface area contributed by atoms with Crippen molar-refractivity contribution in [2.24, 2.45) is 0 Å². The molecule has 1 unspecified atom stereocenters. The molecule has 24 heteroatoms. The van der Waals surface area contributed by atoms with Gasteiger partial charge in [0.05, 0.1) is 53.8 Å². The number of morpholine rings is 1. The highest BCUT2D eigenvalue weighted by atomic mass is 32.2. The van der Waals surface area contributed by atoms with Crippen molar-refractivity contribution < 1.29 is 41.3 Å². The Hall–Kier alpha value is -7.12. The van der Waals surface area contributed by atoms with E-state index >= 15 is 0 Å². The summed E-state index contributed by atoms with van der Waals surface area (Å²) in [7, 11) is -3.83. The molecule has 4 aromatic heterocycles. The number of amides is 2. The van der Waals surface area contributed by atoms with Crippen LogP contribution in [0.4, 0.5) is 32.5 Å². The van der Waals surface area contributed by atoms with Crippen molar-refractivity contribution in [2.45, 2.75) is 128 Å². The number of aryl methyl sites for hydroxylation is 1. The third-order valence-corrected chi connectivity index (χ3v) is 19.0. The van der Waals surface area contributed by atoms with E-state index in [0.717, 1.165) is 66.5 Å². The van der Waals surface area contributed by atoms with E-state index < -0.39 is 20.2 Å². The minimum atomic E-state index is -3.83. The fraction of sp³-hybridized carbons (Fsp3) is 0.548. The smallest absolute Gasteiger partial charge is 0.410 e. The van der Waals surface area contributed by atoms with E-state index in [0.29, 0.717) is 99.6 Å². The van der Waals surface area contributed by atoms with Crippen molar-refractivity contribution in [2.75, 3.05) is 113 Å². The van der Waals surface area contributed by atoms with Crippen molar-refractivity contribution in [3.63, 3.8) is 0 Å². The second-order valence-corrected chi connectivity index (χ2v) is 28.5. The number of aromatic nitrogens is 7. The van der Waals surface area contributed by atoms with E-state index in [2.05, 4.69) is 68.9 Å². The van der Waals surface area contributed by atoms with Crippen LogP contribution in [0.1, 0.15) is 96.8 Å². The van der Waals surface area contributed by atoms with Crippen molar-refractivity contribution in [1.29, 1.82) is 0 Å². The third-order valence-electron chi connectivity index (χ3n) is 16.5. The SMILES string of the molecule is Cc1[nH]nc(Nc2ncnc3cc(OCCCN4CCN(c5ncc(OC[C@H]6CN(C[C@H]7CN(C(=O)OC(C)(C)C)C(C)CN7CC(=O)N7CC(C)(C)c8ncc(Cc9ccc(F)cc9)cc87)CCO6)cn5)CC4)c(S(=O)(=O)C(C)(C)C)cc23)c1C. The average molecular weight is 1200 g/mol. The number of rotatable bonds is 18. The van der Waals surface area contributed by atoms with Crippen LogP contribution in [0.2, 0.25) is 0 Å². The van der Waals surface area contributed by atoms with Gasteiger partial charge in [0, 0.05) is 118 Å². The highest BCUT2D eigenvalue weighted by Crippen LogP contribution is 2.41. The molecule has 4 aliphatic rings. The Kier molecular flexibility index (Phi) is 18.2. The van der Waals surface area contributed by atoms with Gasteiger partial charge in [-0.3, -0.25) is 29.6 Å². The maximum atomic E-state index is 14.6. The van der Waals surface area contributed by atoms with Gasteiger partial charge in [0.15, 0.2) is 21.4 Å². The van der Waals surface area contributed by atoms with Gasteiger partial charge in [-0.2, -0.15) is 5.10 Å². The van der Waals surface area contributed by atoms with Crippen LogP contribution >= 0.6 is 0 Å². The van der Waals surface area contributed by atoms with Crippen molar-refractivity contribution in [3.05, 3.63) is 101 Å². The number of sulfone groups is 1. The van der Waals surface area contributed by atoms with E-state index in [9.17, 15) is 22.4 Å². The van der Waals surface area contributed by atoms with Crippen LogP contribution in [0.25, 0.3) is 10.9 Å². The number of hydrogen-bond donors (Lipinski definition) is 2. The molecular weight excluding hydrogens is 1120 g/mol. The van der Waals surface area contributed by atoms with Gasteiger partial charge in [-0.15, -0.1) is 0 Å². The molecule has 86 heavy (non-hydrogen) atoms. The molecule has 0 bridgehead atoms. The van der Waals surface area contributed by atoms with Crippen LogP contribution in [0.5, 0.6) is 11.5 Å². The van der Waals surface area contributed by atoms with Gasteiger partial charge in [0.25, 0.3) is 0 Å². The summed E-state index contributed by atoms with van der Waals surface area (Å²) in [5.41, 5.74) is 4.91. The normalized spacial score (nSPS) is 19.9. The summed E-state index contributed by atoms with van der Waals surface area (Å²) in [5, 5.41) is 11.1. The molecule has 462 valence electrons. The standard InChI is InChI=1S/C62H83FN14O8S/c1-40-32-75(36-54(78)77-38-62(10,11)55-51(77)26-44(29-64-55)25-43-13-15-45(63)16-14-43)46(34-76(40)59(79)85-60(4,5)6)33-73-22-24-82-48(35-73)37-84-47-30-65-58(66-31-47)74-20-18-72(19-21-74)17-12-23-83-52-28-50-49(27-53(52)86(80,81)61(7,8)9)57(68-39-67-50)69-56-41(2)42(3)70-71-56/h13-16,26-31,39-40,46,48H,12,17-25,32-38H2,1-11H3,(H2,67,68,69,70,71)/t40?,46-,48+/m0/s1. The fourth-order valence-electron chi connectivity index (χ4n) is 11.5. The van der Waals surface area contributed by atoms with Gasteiger partial charge in [0.2, 0.25) is 11.9 Å². The Morgan fingerprint density at radius 2 is 1.60 bits per heavy atom. The number of carbonyl (C=O) groups is 2. The first-order chi connectivity index (χ1) is 40.8. The van der Waals surface area contributed by atoms with E-state index in [1.54, 1.807) is 62.3 Å². The number of aromatic amines is 1. The van der Waals surface area contributed by atoms with Crippen LogP contribution in [-0.2, 0) is 35.9 Å². The molecule has 2 aromatic carbocycles. The molecule has 3 fully saturated rings. The van der Waals surface area contributed by atoms with Gasteiger partial charge in [-0.25, -0.2) is 37.5 Å². The number of H-pyrrole nitrogens is 1. The predicted octanol–water partition coefficient (Wildman–Crippen LogP) is 7.51.